The van der Waals surface area contributed by atoms with E-state index in [9.17, 15) is 23.6 Å². The standard InChI is InChI=1S/C30H34N2O3.C29H32N2O2.C28H31N3O2.C27H28FN3O/c1-21-22(2)32(17-7-16-31(3)4)29-15-14-27(20-28(21)29)35-25-12-10-24(11-13-25)30(33)19-23-8-6-9-26(18-23)34-5;1-21-22(2)31(18-8-17-30(3)4)28-16-15-26(20-27(21)28)33-25-13-11-24(12-14-25)29(32)19-23-9-6-5-7-10-23;1-30(2)16-4-17-31-18-15-23-20-25(11-14-27(23)31)29-24-9-7-22(8-10-24)28(32)19-21-5-12-26(33-3)13-6-21;1-30(2)15-3-16-31-17-14-22-19-25(12-13-26(22)31)29-24-10-6-21(7-11-24)27(32)18-20-4-8-23(28)9-5-20/h6,8-15,18,20H,7,16-17,19H2,1-5H3;5-7,9-16,20H,8,17-19H2,1-4H3;5-15,18,20,29H,4,16-17,19H2,1-3H3;4-14,17,19,29H,3,15-16,18H2,1-2H3. The molecule has 686 valence electrons. The lowest BCUT2D eigenvalue weighted by Crippen LogP contribution is -2.15. The van der Waals surface area contributed by atoms with Crippen molar-refractivity contribution in [1.29, 1.82) is 0 Å². The van der Waals surface area contributed by atoms with Crippen LogP contribution in [0.15, 0.2) is 298 Å². The zero-order valence-corrected chi connectivity index (χ0v) is 79.3. The van der Waals surface area contributed by atoms with E-state index in [2.05, 4.69) is 218 Å². The number of methoxy groups -OCH3 is 2. The fraction of sp³-hybridized carbons (Fsp3) is 0.263. The number of aryl methyl sites for hydroxylation is 6. The van der Waals surface area contributed by atoms with Crippen LogP contribution in [-0.2, 0) is 51.9 Å². The molecule has 12 aromatic carbocycles. The number of hydrogen-bond acceptors (Lipinski definition) is 14. The summed E-state index contributed by atoms with van der Waals surface area (Å²) in [6.07, 6.45) is 10.1. The Labute approximate surface area is 782 Å². The van der Waals surface area contributed by atoms with Gasteiger partial charge in [0.1, 0.15) is 40.3 Å². The summed E-state index contributed by atoms with van der Waals surface area (Å²) in [4.78, 5) is 59.3. The summed E-state index contributed by atoms with van der Waals surface area (Å²) < 4.78 is 45.2. The number of ketones is 4. The van der Waals surface area contributed by atoms with Crippen LogP contribution in [0.25, 0.3) is 43.6 Å². The van der Waals surface area contributed by atoms with Crippen LogP contribution < -0.4 is 29.6 Å². The van der Waals surface area contributed by atoms with E-state index in [-0.39, 0.29) is 35.4 Å². The van der Waals surface area contributed by atoms with E-state index in [4.69, 9.17) is 18.9 Å². The summed E-state index contributed by atoms with van der Waals surface area (Å²) in [6, 6.07) is 90.7. The number of carbonyl (C=O) groups is 4. The predicted octanol–water partition coefficient (Wildman–Crippen LogP) is 24.5. The zero-order valence-electron chi connectivity index (χ0n) is 79.3. The zero-order chi connectivity index (χ0) is 94.0. The molecular weight excluding hydrogens is 1660 g/mol. The highest BCUT2D eigenvalue weighted by molar-refractivity contribution is 6.00. The molecule has 0 atom stereocenters. The smallest absolute Gasteiger partial charge is 0.167 e. The van der Waals surface area contributed by atoms with E-state index in [1.165, 1.54) is 78.3 Å². The number of halogens is 1. The van der Waals surface area contributed by atoms with Gasteiger partial charge in [-0.05, 0) is 388 Å². The van der Waals surface area contributed by atoms with Gasteiger partial charge in [0.2, 0.25) is 0 Å². The molecule has 0 radical (unpaired) electrons. The average molecular weight is 1780 g/mol. The molecule has 133 heavy (non-hydrogen) atoms. The van der Waals surface area contributed by atoms with E-state index in [1.54, 1.807) is 26.4 Å². The van der Waals surface area contributed by atoms with Gasteiger partial charge in [0.25, 0.3) is 0 Å². The number of anilines is 4. The Hall–Kier alpha value is -14.0. The van der Waals surface area contributed by atoms with Crippen molar-refractivity contribution >= 4 is 89.5 Å². The van der Waals surface area contributed by atoms with Crippen LogP contribution in [-0.4, -0.2) is 158 Å². The molecule has 0 amide bonds. The summed E-state index contributed by atoms with van der Waals surface area (Å²) in [5, 5.41) is 11.7. The monoisotopic (exact) mass is 1780 g/mol. The Bertz CT molecular complexity index is 6550. The Balaban J connectivity index is 0.000000151. The van der Waals surface area contributed by atoms with E-state index in [1.807, 2.05) is 188 Å². The lowest BCUT2D eigenvalue weighted by molar-refractivity contribution is 0.0984. The normalized spacial score (nSPS) is 11.2. The van der Waals surface area contributed by atoms with Crippen molar-refractivity contribution in [1.82, 2.24) is 37.9 Å². The van der Waals surface area contributed by atoms with Crippen molar-refractivity contribution < 1.29 is 42.5 Å². The second-order valence-electron chi connectivity index (χ2n) is 35.1. The van der Waals surface area contributed by atoms with Gasteiger partial charge in [0.05, 0.1) is 14.2 Å². The topological polar surface area (TPSA) is 162 Å². The molecule has 2 N–H and O–H groups in total. The molecule has 4 heterocycles. The third-order valence-electron chi connectivity index (χ3n) is 24.1. The van der Waals surface area contributed by atoms with Gasteiger partial charge in [-0.3, -0.25) is 19.2 Å². The molecular formula is C114H125FN10O8. The quantitative estimate of drug-likeness (QED) is 0.0352. The first kappa shape index (κ1) is 96.6. The minimum atomic E-state index is -0.296. The summed E-state index contributed by atoms with van der Waals surface area (Å²) in [5.74, 6) is 4.57. The maximum absolute atomic E-state index is 13.0. The van der Waals surface area contributed by atoms with Crippen molar-refractivity contribution in [3.63, 3.8) is 0 Å². The highest BCUT2D eigenvalue weighted by atomic mass is 19.1. The van der Waals surface area contributed by atoms with Gasteiger partial charge >= 0.3 is 0 Å². The highest BCUT2D eigenvalue weighted by Crippen LogP contribution is 2.36. The van der Waals surface area contributed by atoms with Gasteiger partial charge in [-0.25, -0.2) is 4.39 Å². The summed E-state index contributed by atoms with van der Waals surface area (Å²) in [7, 11) is 20.1. The molecule has 18 nitrogen and oxygen atoms in total. The Kier molecular flexibility index (Phi) is 33.9. The number of benzene rings is 12. The number of nitrogens with one attached hydrogen (secondary N) is 2. The summed E-state index contributed by atoms with van der Waals surface area (Å²) in [5.41, 5.74) is 20.5. The van der Waals surface area contributed by atoms with Crippen LogP contribution in [0.4, 0.5) is 27.1 Å². The molecule has 0 aliphatic heterocycles. The van der Waals surface area contributed by atoms with Crippen LogP contribution in [0.2, 0.25) is 0 Å². The lowest BCUT2D eigenvalue weighted by Gasteiger charge is -2.12. The van der Waals surface area contributed by atoms with Gasteiger partial charge in [-0.15, -0.1) is 0 Å². The van der Waals surface area contributed by atoms with Crippen molar-refractivity contribution in [2.45, 2.75) is 105 Å². The fourth-order valence-electron chi connectivity index (χ4n) is 16.5. The fourth-order valence-corrected chi connectivity index (χ4v) is 16.5. The number of fused-ring (bicyclic) bond motifs is 4. The molecule has 0 bridgehead atoms. The third-order valence-corrected chi connectivity index (χ3v) is 24.1. The maximum Gasteiger partial charge on any atom is 0.167 e. The molecule has 0 aliphatic carbocycles. The minimum absolute atomic E-state index is 0.0141. The van der Waals surface area contributed by atoms with Gasteiger partial charge in [0.15, 0.2) is 23.1 Å². The number of nitrogens with zero attached hydrogens (tertiary/aromatic N) is 8. The number of ether oxygens (including phenoxy) is 4. The van der Waals surface area contributed by atoms with Crippen molar-refractivity contribution in [3.8, 4) is 34.5 Å². The van der Waals surface area contributed by atoms with Crippen LogP contribution in [0.1, 0.15) is 112 Å². The Morgan fingerprint density at radius 2 is 0.639 bits per heavy atom. The molecule has 0 spiro atoms. The Morgan fingerprint density at radius 1 is 0.308 bits per heavy atom. The van der Waals surface area contributed by atoms with E-state index in [0.29, 0.717) is 47.3 Å². The van der Waals surface area contributed by atoms with Crippen LogP contribution >= 0.6 is 0 Å². The lowest BCUT2D eigenvalue weighted by atomic mass is 10.0. The first-order valence-corrected chi connectivity index (χ1v) is 45.7. The van der Waals surface area contributed by atoms with Crippen molar-refractivity contribution in [2.24, 2.45) is 0 Å². The summed E-state index contributed by atoms with van der Waals surface area (Å²) in [6.45, 7) is 17.0. The summed E-state index contributed by atoms with van der Waals surface area (Å²) >= 11 is 0. The molecule has 0 fully saturated rings. The molecule has 0 saturated heterocycles. The maximum atomic E-state index is 13.0. The van der Waals surface area contributed by atoms with Crippen molar-refractivity contribution in [3.05, 3.63) is 370 Å². The Morgan fingerprint density at radius 3 is 1.03 bits per heavy atom. The molecule has 0 unspecified atom stereocenters. The minimum Gasteiger partial charge on any atom is -0.497 e. The second kappa shape index (κ2) is 46.7. The van der Waals surface area contributed by atoms with E-state index >= 15 is 0 Å². The van der Waals surface area contributed by atoms with Crippen LogP contribution in [0.5, 0.6) is 34.5 Å². The predicted molar refractivity (Wildman–Crippen MR) is 543 cm³/mol. The first-order valence-electron chi connectivity index (χ1n) is 45.7. The molecule has 16 aromatic rings. The SMILES string of the molecule is CN(C)CCCn1ccc2cc(Nc3ccc(C(=O)Cc4ccc(F)cc4)cc3)ccc21.COc1ccc(CC(=O)c2ccc(Nc3ccc4c(ccn4CCCN(C)C)c3)cc2)cc1.COc1cccc(CC(=O)c2ccc(Oc3ccc4c(c3)c(C)c(C)n4CCCN(C)C)cc2)c1.Cc1c(C)n(CCCN(C)C)c2ccc(Oc3ccc(C(=O)Cc4ccccc4)cc3)cc12. The van der Waals surface area contributed by atoms with Gasteiger partial charge in [-0.1, -0.05) is 66.7 Å². The van der Waals surface area contributed by atoms with E-state index < -0.39 is 0 Å². The molecule has 0 saturated carbocycles. The molecule has 16 rings (SSSR count). The number of hydrogen-bond donors (Lipinski definition) is 2. The van der Waals surface area contributed by atoms with Gasteiger partial charge in [-0.2, -0.15) is 0 Å². The van der Waals surface area contributed by atoms with Crippen LogP contribution in [0.3, 0.4) is 0 Å². The number of aromatic nitrogens is 4. The first-order chi connectivity index (χ1) is 64.3. The van der Waals surface area contributed by atoms with Gasteiger partial charge < -0.3 is 67.4 Å². The van der Waals surface area contributed by atoms with Crippen LogP contribution in [0, 0.1) is 33.5 Å². The van der Waals surface area contributed by atoms with Gasteiger partial charge in [0, 0.05) is 164 Å². The third kappa shape index (κ3) is 27.1. The average Bonchev–Trinajstić information content (AvgIpc) is 1.57. The second-order valence-corrected chi connectivity index (χ2v) is 35.1. The molecule has 0 aliphatic rings. The number of carbonyl (C=O) groups excluding carboxylic acids is 4. The molecule has 4 aromatic heterocycles. The highest BCUT2D eigenvalue weighted by Gasteiger charge is 2.19. The number of rotatable bonds is 38. The van der Waals surface area contributed by atoms with E-state index in [0.717, 1.165) is 152 Å². The largest absolute Gasteiger partial charge is 0.497 e. The number of Topliss-reactive ketones (excluding diaryl/α,β-unsaturated/α-hetero) is 4. The van der Waals surface area contributed by atoms with Crippen molar-refractivity contribution in [2.75, 3.05) is 107 Å². The molecule has 19 heteroatoms.